The summed E-state index contributed by atoms with van der Waals surface area (Å²) in [7, 11) is 0. The summed E-state index contributed by atoms with van der Waals surface area (Å²) in [5.41, 5.74) is 0. The highest BCUT2D eigenvalue weighted by Gasteiger charge is 2.19. The fourth-order valence-electron chi connectivity index (χ4n) is 6.81. The Morgan fingerprint density at radius 3 is 1.09 bits per heavy atom. The molecule has 6 nitrogen and oxygen atoms in total. The average Bonchev–Trinajstić information content (AvgIpc) is 3.19. The minimum atomic E-state index is -0.774. The Morgan fingerprint density at radius 1 is 0.375 bits per heavy atom. The predicted octanol–water partition coefficient (Wildman–Crippen LogP) is 15.4. The highest BCUT2D eigenvalue weighted by atomic mass is 16.6. The Balaban J connectivity index is 4.38. The zero-order valence-electron chi connectivity index (χ0n) is 37.2. The Kier molecular flexibility index (Phi) is 43.4. The van der Waals surface area contributed by atoms with Crippen LogP contribution in [0.15, 0.2) is 36.5 Å². The van der Waals surface area contributed by atoms with Crippen LogP contribution < -0.4 is 0 Å². The number of rotatable bonds is 43. The van der Waals surface area contributed by atoms with Gasteiger partial charge in [0.15, 0.2) is 6.10 Å². The maximum absolute atomic E-state index is 12.7. The molecule has 0 aliphatic carbocycles. The standard InChI is InChI=1S/C50H90O6/c1-4-7-10-13-16-19-22-24-26-28-31-34-37-40-43-49(52)55-46-47(45-54-48(51)42-39-36-33-30-27-21-18-15-12-9-6-3)56-50(53)44-41-38-35-32-29-25-23-20-17-14-11-8-5-2/h7,10,16,19,24,26,47H,4-6,8-9,11-15,17-18,20-23,25,27-46H2,1-3H3/b10-7-,19-16-,26-24-. The molecule has 0 spiro atoms. The predicted molar refractivity (Wildman–Crippen MR) is 238 cm³/mol. The first-order valence-electron chi connectivity index (χ1n) is 24.0. The van der Waals surface area contributed by atoms with Crippen molar-refractivity contribution >= 4 is 17.9 Å². The topological polar surface area (TPSA) is 78.9 Å². The van der Waals surface area contributed by atoms with Gasteiger partial charge in [-0.25, -0.2) is 0 Å². The highest BCUT2D eigenvalue weighted by molar-refractivity contribution is 5.71. The molecular formula is C50H90O6. The van der Waals surface area contributed by atoms with Gasteiger partial charge in [-0.05, 0) is 51.4 Å². The van der Waals surface area contributed by atoms with Gasteiger partial charge in [0.1, 0.15) is 13.2 Å². The van der Waals surface area contributed by atoms with Gasteiger partial charge in [0.2, 0.25) is 0 Å². The highest BCUT2D eigenvalue weighted by Crippen LogP contribution is 2.15. The van der Waals surface area contributed by atoms with Crippen molar-refractivity contribution < 1.29 is 28.6 Å². The number of carbonyl (C=O) groups is 3. The molecule has 0 aromatic heterocycles. The van der Waals surface area contributed by atoms with Crippen LogP contribution in [0.4, 0.5) is 0 Å². The molecule has 0 fully saturated rings. The Bertz CT molecular complexity index is 953. The molecule has 0 heterocycles. The second-order valence-corrected chi connectivity index (χ2v) is 16.0. The van der Waals surface area contributed by atoms with Crippen molar-refractivity contribution in [3.05, 3.63) is 36.5 Å². The lowest BCUT2D eigenvalue weighted by Crippen LogP contribution is -2.30. The van der Waals surface area contributed by atoms with E-state index in [9.17, 15) is 14.4 Å². The lowest BCUT2D eigenvalue weighted by Gasteiger charge is -2.18. The van der Waals surface area contributed by atoms with Crippen molar-refractivity contribution in [1.82, 2.24) is 0 Å². The zero-order valence-corrected chi connectivity index (χ0v) is 37.2. The molecule has 326 valence electrons. The van der Waals surface area contributed by atoms with E-state index in [1.54, 1.807) is 0 Å². The zero-order chi connectivity index (χ0) is 40.8. The third kappa shape index (κ3) is 42.8. The van der Waals surface area contributed by atoms with Gasteiger partial charge in [-0.15, -0.1) is 0 Å². The summed E-state index contributed by atoms with van der Waals surface area (Å²) in [4.78, 5) is 37.8. The number of allylic oxidation sites excluding steroid dienone is 6. The second kappa shape index (κ2) is 45.3. The SMILES string of the molecule is CC/C=C\C/C=C\C/C=C\CCCCCCC(=O)OCC(COC(=O)CCCCCCCCCCCCC)OC(=O)CCCCCCCCCCCCCCC. The van der Waals surface area contributed by atoms with Crippen LogP contribution in [0.5, 0.6) is 0 Å². The maximum atomic E-state index is 12.7. The molecule has 0 aromatic carbocycles. The molecule has 56 heavy (non-hydrogen) atoms. The summed E-state index contributed by atoms with van der Waals surface area (Å²) >= 11 is 0. The first-order chi connectivity index (χ1) is 27.5. The van der Waals surface area contributed by atoms with Crippen molar-refractivity contribution in [2.24, 2.45) is 0 Å². The van der Waals surface area contributed by atoms with Crippen molar-refractivity contribution in [1.29, 1.82) is 0 Å². The van der Waals surface area contributed by atoms with Crippen LogP contribution in [-0.4, -0.2) is 37.2 Å². The van der Waals surface area contributed by atoms with Gasteiger partial charge in [-0.1, -0.05) is 211 Å². The fraction of sp³-hybridized carbons (Fsp3) is 0.820. The molecule has 0 aliphatic heterocycles. The average molecular weight is 787 g/mol. The second-order valence-electron chi connectivity index (χ2n) is 16.0. The van der Waals surface area contributed by atoms with Crippen molar-refractivity contribution in [3.8, 4) is 0 Å². The van der Waals surface area contributed by atoms with Crippen LogP contribution in [-0.2, 0) is 28.6 Å². The number of unbranched alkanes of at least 4 members (excludes halogenated alkanes) is 26. The van der Waals surface area contributed by atoms with Crippen molar-refractivity contribution in [3.63, 3.8) is 0 Å². The smallest absolute Gasteiger partial charge is 0.306 e. The molecule has 0 radical (unpaired) electrons. The molecule has 0 rings (SSSR count). The largest absolute Gasteiger partial charge is 0.462 e. The normalized spacial score (nSPS) is 12.3. The lowest BCUT2D eigenvalue weighted by molar-refractivity contribution is -0.167. The van der Waals surface area contributed by atoms with Crippen LogP contribution in [0.25, 0.3) is 0 Å². The first-order valence-corrected chi connectivity index (χ1v) is 24.0. The van der Waals surface area contributed by atoms with Crippen molar-refractivity contribution in [2.75, 3.05) is 13.2 Å². The van der Waals surface area contributed by atoms with Gasteiger partial charge in [0.25, 0.3) is 0 Å². The van der Waals surface area contributed by atoms with E-state index in [0.29, 0.717) is 19.3 Å². The van der Waals surface area contributed by atoms with E-state index >= 15 is 0 Å². The Morgan fingerprint density at radius 2 is 0.696 bits per heavy atom. The minimum absolute atomic E-state index is 0.0757. The fourth-order valence-corrected chi connectivity index (χ4v) is 6.81. The maximum Gasteiger partial charge on any atom is 0.306 e. The first kappa shape index (κ1) is 53.6. The summed E-state index contributed by atoms with van der Waals surface area (Å²) < 4.78 is 16.7. The summed E-state index contributed by atoms with van der Waals surface area (Å²) in [6.07, 6.45) is 51.2. The number of ether oxygens (including phenoxy) is 3. The Labute approximate surface area is 346 Å². The van der Waals surface area contributed by atoms with Gasteiger partial charge < -0.3 is 14.2 Å². The van der Waals surface area contributed by atoms with E-state index < -0.39 is 6.10 Å². The van der Waals surface area contributed by atoms with E-state index in [1.165, 1.54) is 116 Å². The Hall–Kier alpha value is -2.37. The number of carbonyl (C=O) groups excluding carboxylic acids is 3. The van der Waals surface area contributed by atoms with E-state index in [2.05, 4.69) is 57.2 Å². The summed E-state index contributed by atoms with van der Waals surface area (Å²) in [5, 5.41) is 0. The third-order valence-electron chi connectivity index (χ3n) is 10.4. The van der Waals surface area contributed by atoms with Crippen LogP contribution >= 0.6 is 0 Å². The molecule has 0 N–H and O–H groups in total. The lowest BCUT2D eigenvalue weighted by atomic mass is 10.0. The minimum Gasteiger partial charge on any atom is -0.462 e. The summed E-state index contributed by atoms with van der Waals surface area (Å²) in [6, 6.07) is 0. The summed E-state index contributed by atoms with van der Waals surface area (Å²) in [5.74, 6) is -0.893. The molecule has 0 saturated carbocycles. The van der Waals surface area contributed by atoms with Crippen molar-refractivity contribution in [2.45, 2.75) is 252 Å². The van der Waals surface area contributed by atoms with Gasteiger partial charge in [-0.3, -0.25) is 14.4 Å². The number of esters is 3. The van der Waals surface area contributed by atoms with Gasteiger partial charge >= 0.3 is 17.9 Å². The van der Waals surface area contributed by atoms with E-state index in [1.807, 2.05) is 0 Å². The molecule has 1 unspecified atom stereocenters. The molecule has 1 atom stereocenters. The number of hydrogen-bond acceptors (Lipinski definition) is 6. The molecule has 6 heteroatoms. The van der Waals surface area contributed by atoms with E-state index in [-0.39, 0.29) is 31.1 Å². The van der Waals surface area contributed by atoms with Gasteiger partial charge in [0, 0.05) is 19.3 Å². The quantitative estimate of drug-likeness (QED) is 0.0265. The van der Waals surface area contributed by atoms with Crippen LogP contribution in [0, 0.1) is 0 Å². The molecular weight excluding hydrogens is 697 g/mol. The van der Waals surface area contributed by atoms with E-state index in [4.69, 9.17) is 14.2 Å². The molecule has 0 aromatic rings. The molecule has 0 aliphatic rings. The van der Waals surface area contributed by atoms with Gasteiger partial charge in [-0.2, -0.15) is 0 Å². The summed E-state index contributed by atoms with van der Waals surface area (Å²) in [6.45, 7) is 6.50. The van der Waals surface area contributed by atoms with Crippen LogP contribution in [0.3, 0.4) is 0 Å². The molecule has 0 amide bonds. The van der Waals surface area contributed by atoms with E-state index in [0.717, 1.165) is 89.9 Å². The monoisotopic (exact) mass is 787 g/mol. The third-order valence-corrected chi connectivity index (χ3v) is 10.4. The number of hydrogen-bond donors (Lipinski definition) is 0. The molecule has 0 bridgehead atoms. The van der Waals surface area contributed by atoms with Gasteiger partial charge in [0.05, 0.1) is 0 Å². The molecule has 0 saturated heterocycles. The van der Waals surface area contributed by atoms with Crippen LogP contribution in [0.1, 0.15) is 245 Å². The van der Waals surface area contributed by atoms with Crippen LogP contribution in [0.2, 0.25) is 0 Å².